The Balaban J connectivity index is 1.60. The van der Waals surface area contributed by atoms with Crippen molar-refractivity contribution < 1.29 is 19.0 Å². The van der Waals surface area contributed by atoms with Crippen molar-refractivity contribution in [1.29, 1.82) is 5.26 Å². The molecule has 0 bridgehead atoms. The van der Waals surface area contributed by atoms with Crippen LogP contribution in [-0.4, -0.2) is 38.2 Å². The Morgan fingerprint density at radius 1 is 1.16 bits per heavy atom. The number of nitrogens with zero attached hydrogens (tertiary/aromatic N) is 2. The van der Waals surface area contributed by atoms with Gasteiger partial charge in [-0.05, 0) is 41.8 Å². The summed E-state index contributed by atoms with van der Waals surface area (Å²) in [6, 6.07) is 15.1. The third-order valence-electron chi connectivity index (χ3n) is 5.32. The number of ketones is 1. The molecule has 0 amide bonds. The van der Waals surface area contributed by atoms with Crippen molar-refractivity contribution in [3.8, 4) is 28.8 Å². The van der Waals surface area contributed by atoms with Crippen LogP contribution in [0.5, 0.6) is 11.5 Å². The van der Waals surface area contributed by atoms with Crippen LogP contribution in [-0.2, 0) is 4.74 Å². The fourth-order valence-corrected chi connectivity index (χ4v) is 4.47. The van der Waals surface area contributed by atoms with Gasteiger partial charge in [-0.25, -0.2) is 4.98 Å². The van der Waals surface area contributed by atoms with Crippen molar-refractivity contribution in [2.45, 2.75) is 12.3 Å². The molecule has 1 aliphatic heterocycles. The summed E-state index contributed by atoms with van der Waals surface area (Å²) >= 11 is 1.30. The fraction of sp³-hybridized carbons (Fsp3) is 0.240. The van der Waals surface area contributed by atoms with E-state index in [1.165, 1.54) is 11.3 Å². The molecule has 4 rings (SSSR count). The average Bonchev–Trinajstić information content (AvgIpc) is 3.34. The van der Waals surface area contributed by atoms with E-state index >= 15 is 0 Å². The molecule has 1 aromatic heterocycles. The molecule has 1 atom stereocenters. The van der Waals surface area contributed by atoms with Gasteiger partial charge in [-0.2, -0.15) is 5.26 Å². The first-order chi connectivity index (χ1) is 15.6. The molecule has 1 aliphatic rings. The molecule has 0 saturated carbocycles. The monoisotopic (exact) mass is 446 g/mol. The molecule has 2 aromatic carbocycles. The third kappa shape index (κ3) is 4.42. The standard InChI is InChI=1S/C25H22N2O4S/c1-29-22-7-6-18(13-23(22)30-2)21-15-32-25(27-21)20(14-26)24(28)19-5-3-4-17(12-19)16-8-10-31-11-9-16/h3-8,12-13,15,20H,9-11H2,1-2H3. The minimum atomic E-state index is -0.965. The summed E-state index contributed by atoms with van der Waals surface area (Å²) in [5.41, 5.74) is 4.15. The second kappa shape index (κ2) is 9.77. The highest BCUT2D eigenvalue weighted by molar-refractivity contribution is 7.10. The molecule has 3 aromatic rings. The van der Waals surface area contributed by atoms with E-state index in [0.29, 0.717) is 41.0 Å². The molecular weight excluding hydrogens is 424 g/mol. The lowest BCUT2D eigenvalue weighted by atomic mass is 9.94. The van der Waals surface area contributed by atoms with Crippen LogP contribution in [0.25, 0.3) is 16.8 Å². The SMILES string of the molecule is COc1ccc(-c2csc(C(C#N)C(=O)c3cccc(C4=CCOCC4)c3)n2)cc1OC. The number of methoxy groups -OCH3 is 2. The van der Waals surface area contributed by atoms with Gasteiger partial charge in [-0.3, -0.25) is 4.79 Å². The van der Waals surface area contributed by atoms with Gasteiger partial charge in [-0.1, -0.05) is 24.3 Å². The minimum Gasteiger partial charge on any atom is -0.493 e. The van der Waals surface area contributed by atoms with E-state index in [-0.39, 0.29) is 5.78 Å². The van der Waals surface area contributed by atoms with Crippen LogP contribution in [0.1, 0.15) is 33.3 Å². The molecule has 6 nitrogen and oxygen atoms in total. The predicted molar refractivity (Wildman–Crippen MR) is 123 cm³/mol. The molecule has 0 N–H and O–H groups in total. The molecule has 1 unspecified atom stereocenters. The third-order valence-corrected chi connectivity index (χ3v) is 6.23. The summed E-state index contributed by atoms with van der Waals surface area (Å²) in [7, 11) is 3.15. The summed E-state index contributed by atoms with van der Waals surface area (Å²) in [4.78, 5) is 17.8. The van der Waals surface area contributed by atoms with Crippen LogP contribution >= 0.6 is 11.3 Å². The van der Waals surface area contributed by atoms with Gasteiger partial charge < -0.3 is 14.2 Å². The number of Topliss-reactive ketones (excluding diaryl/α,β-unsaturated/α-hetero) is 1. The van der Waals surface area contributed by atoms with E-state index in [1.54, 1.807) is 26.4 Å². The molecule has 0 aliphatic carbocycles. The molecule has 162 valence electrons. The van der Waals surface area contributed by atoms with Crippen LogP contribution in [0.4, 0.5) is 0 Å². The second-order valence-corrected chi connectivity index (χ2v) is 8.09. The van der Waals surface area contributed by atoms with Crippen molar-refractivity contribution in [2.24, 2.45) is 0 Å². The Morgan fingerprint density at radius 3 is 2.72 bits per heavy atom. The zero-order chi connectivity index (χ0) is 22.5. The zero-order valence-electron chi connectivity index (χ0n) is 17.8. The number of nitriles is 1. The number of aromatic nitrogens is 1. The van der Waals surface area contributed by atoms with Crippen molar-refractivity contribution in [3.63, 3.8) is 0 Å². The van der Waals surface area contributed by atoms with Gasteiger partial charge in [0.1, 0.15) is 5.01 Å². The maximum Gasteiger partial charge on any atom is 0.186 e. The Bertz CT molecular complexity index is 1210. The molecular formula is C25H22N2O4S. The summed E-state index contributed by atoms with van der Waals surface area (Å²) in [6.07, 6.45) is 2.84. The number of carbonyl (C=O) groups is 1. The maximum atomic E-state index is 13.2. The van der Waals surface area contributed by atoms with Crippen LogP contribution in [0.15, 0.2) is 53.9 Å². The number of thiazole rings is 1. The maximum absolute atomic E-state index is 13.2. The van der Waals surface area contributed by atoms with Gasteiger partial charge in [-0.15, -0.1) is 11.3 Å². The van der Waals surface area contributed by atoms with Crippen LogP contribution in [0, 0.1) is 11.3 Å². The van der Waals surface area contributed by atoms with Crippen molar-refractivity contribution >= 4 is 22.7 Å². The number of hydrogen-bond acceptors (Lipinski definition) is 7. The fourth-order valence-electron chi connectivity index (χ4n) is 3.60. The molecule has 7 heteroatoms. The first-order valence-electron chi connectivity index (χ1n) is 10.1. The summed E-state index contributed by atoms with van der Waals surface area (Å²) < 4.78 is 16.0. The van der Waals surface area contributed by atoms with E-state index < -0.39 is 5.92 Å². The number of rotatable bonds is 7. The Morgan fingerprint density at radius 2 is 2.00 bits per heavy atom. The van der Waals surface area contributed by atoms with Gasteiger partial charge in [0.2, 0.25) is 0 Å². The lowest BCUT2D eigenvalue weighted by Gasteiger charge is -2.14. The highest BCUT2D eigenvalue weighted by Crippen LogP contribution is 2.34. The smallest absolute Gasteiger partial charge is 0.186 e. The lowest BCUT2D eigenvalue weighted by Crippen LogP contribution is -2.12. The van der Waals surface area contributed by atoms with Crippen molar-refractivity contribution in [2.75, 3.05) is 27.4 Å². The van der Waals surface area contributed by atoms with Gasteiger partial charge in [0.05, 0.1) is 39.2 Å². The Kier molecular flexibility index (Phi) is 6.64. The Hall–Kier alpha value is -3.47. The molecule has 0 radical (unpaired) electrons. The second-order valence-electron chi connectivity index (χ2n) is 7.20. The number of ether oxygens (including phenoxy) is 3. The summed E-state index contributed by atoms with van der Waals surface area (Å²) in [5.74, 6) is -0.00830. The van der Waals surface area contributed by atoms with E-state index in [4.69, 9.17) is 14.2 Å². The van der Waals surface area contributed by atoms with Gasteiger partial charge in [0.15, 0.2) is 23.2 Å². The van der Waals surface area contributed by atoms with E-state index in [0.717, 1.165) is 23.1 Å². The summed E-state index contributed by atoms with van der Waals surface area (Å²) in [5, 5.41) is 12.1. The first-order valence-corrected chi connectivity index (χ1v) is 11.0. The normalized spacial score (nSPS) is 14.2. The molecule has 32 heavy (non-hydrogen) atoms. The van der Waals surface area contributed by atoms with Gasteiger partial charge in [0, 0.05) is 16.5 Å². The van der Waals surface area contributed by atoms with Gasteiger partial charge in [0.25, 0.3) is 0 Å². The lowest BCUT2D eigenvalue weighted by molar-refractivity contribution is 0.0979. The molecule has 0 saturated heterocycles. The number of carbonyl (C=O) groups excluding carboxylic acids is 1. The first kappa shape index (κ1) is 21.8. The quantitative estimate of drug-likeness (QED) is 0.469. The highest BCUT2D eigenvalue weighted by atomic mass is 32.1. The van der Waals surface area contributed by atoms with E-state index in [1.807, 2.05) is 41.8 Å². The number of hydrogen-bond donors (Lipinski definition) is 0. The van der Waals surface area contributed by atoms with Crippen molar-refractivity contribution in [1.82, 2.24) is 4.98 Å². The average molecular weight is 447 g/mol. The van der Waals surface area contributed by atoms with Crippen molar-refractivity contribution in [3.05, 3.63) is 70.1 Å². The predicted octanol–water partition coefficient (Wildman–Crippen LogP) is 5.12. The minimum absolute atomic E-state index is 0.254. The zero-order valence-corrected chi connectivity index (χ0v) is 18.6. The van der Waals surface area contributed by atoms with Crippen LogP contribution in [0.2, 0.25) is 0 Å². The largest absolute Gasteiger partial charge is 0.493 e. The molecule has 0 spiro atoms. The number of benzene rings is 2. The van der Waals surface area contributed by atoms with Crippen LogP contribution in [0.3, 0.4) is 0 Å². The van der Waals surface area contributed by atoms with Crippen LogP contribution < -0.4 is 9.47 Å². The molecule has 2 heterocycles. The van der Waals surface area contributed by atoms with E-state index in [2.05, 4.69) is 11.1 Å². The highest BCUT2D eigenvalue weighted by Gasteiger charge is 2.26. The topological polar surface area (TPSA) is 81.4 Å². The summed E-state index contributed by atoms with van der Waals surface area (Å²) in [6.45, 7) is 1.25. The molecule has 0 fully saturated rings. The van der Waals surface area contributed by atoms with Gasteiger partial charge >= 0.3 is 0 Å². The Labute approximate surface area is 190 Å². The van der Waals surface area contributed by atoms with E-state index in [9.17, 15) is 10.1 Å².